The Labute approximate surface area is 90.8 Å². The Morgan fingerprint density at radius 2 is 2.12 bits per heavy atom. The number of hydrogen-bond donors (Lipinski definition) is 2. The van der Waals surface area contributed by atoms with Crippen LogP contribution in [0, 0.1) is 0 Å². The minimum absolute atomic E-state index is 0.0623. The molecule has 0 aliphatic heterocycles. The molecule has 0 saturated heterocycles. The number of aromatic nitrogens is 3. The van der Waals surface area contributed by atoms with Gasteiger partial charge in [-0.3, -0.25) is 4.79 Å². The number of aliphatic hydroxyl groups excluding tert-OH is 2. The van der Waals surface area contributed by atoms with Gasteiger partial charge < -0.3 is 10.2 Å². The third kappa shape index (κ3) is 1.93. The molecule has 0 bridgehead atoms. The summed E-state index contributed by atoms with van der Waals surface area (Å²) < 4.78 is 1.04. The van der Waals surface area contributed by atoms with Crippen LogP contribution in [0.2, 0.25) is 0 Å². The molecule has 0 aliphatic rings. The summed E-state index contributed by atoms with van der Waals surface area (Å²) in [6.45, 7) is -0.478. The fraction of sp³-hybridized carbons (Fsp3) is 0.300. The van der Waals surface area contributed by atoms with Gasteiger partial charge in [-0.25, -0.2) is 4.68 Å². The number of fused-ring (bicyclic) bond motifs is 1. The molecule has 1 heterocycles. The maximum atomic E-state index is 11.8. The maximum absolute atomic E-state index is 11.8. The molecule has 6 heteroatoms. The highest BCUT2D eigenvalue weighted by atomic mass is 16.3. The van der Waals surface area contributed by atoms with Crippen LogP contribution in [0.25, 0.3) is 10.9 Å². The molecule has 16 heavy (non-hydrogen) atoms. The first-order valence-electron chi connectivity index (χ1n) is 4.84. The monoisotopic (exact) mass is 221 g/mol. The fourth-order valence-electron chi connectivity index (χ4n) is 1.40. The summed E-state index contributed by atoms with van der Waals surface area (Å²) in [5.41, 5.74) is 0.195. The highest BCUT2D eigenvalue weighted by molar-refractivity contribution is 5.76. The average molecular weight is 221 g/mol. The zero-order chi connectivity index (χ0) is 11.5. The van der Waals surface area contributed by atoms with Gasteiger partial charge in [-0.1, -0.05) is 17.3 Å². The van der Waals surface area contributed by atoms with E-state index in [0.717, 1.165) is 4.68 Å². The van der Waals surface area contributed by atoms with Crippen molar-refractivity contribution in [3.63, 3.8) is 0 Å². The van der Waals surface area contributed by atoms with Gasteiger partial charge in [0.15, 0.2) is 0 Å². The van der Waals surface area contributed by atoms with Crippen molar-refractivity contribution in [3.05, 3.63) is 34.6 Å². The van der Waals surface area contributed by atoms with Crippen LogP contribution >= 0.6 is 0 Å². The van der Waals surface area contributed by atoms with Crippen LogP contribution in [-0.4, -0.2) is 37.9 Å². The minimum Gasteiger partial charge on any atom is -0.394 e. The summed E-state index contributed by atoms with van der Waals surface area (Å²) >= 11 is 0. The minimum atomic E-state index is -1.01. The van der Waals surface area contributed by atoms with Crippen molar-refractivity contribution >= 4 is 10.9 Å². The van der Waals surface area contributed by atoms with E-state index < -0.39 is 12.7 Å². The van der Waals surface area contributed by atoms with Gasteiger partial charge in [0.05, 0.1) is 24.6 Å². The SMILES string of the molecule is O=c1c2ccccc2nnn1CC(O)CO. The van der Waals surface area contributed by atoms with E-state index in [1.54, 1.807) is 24.3 Å². The molecule has 6 nitrogen and oxygen atoms in total. The van der Waals surface area contributed by atoms with Crippen molar-refractivity contribution in [1.29, 1.82) is 0 Å². The van der Waals surface area contributed by atoms with Crippen molar-refractivity contribution in [3.8, 4) is 0 Å². The second kappa shape index (κ2) is 4.38. The van der Waals surface area contributed by atoms with Gasteiger partial charge in [0.25, 0.3) is 5.56 Å². The lowest BCUT2D eigenvalue weighted by atomic mass is 10.2. The van der Waals surface area contributed by atoms with Gasteiger partial charge in [-0.2, -0.15) is 0 Å². The first kappa shape index (κ1) is 10.7. The molecule has 84 valence electrons. The normalized spacial score (nSPS) is 12.9. The Bertz CT molecular complexity index is 552. The lowest BCUT2D eigenvalue weighted by Gasteiger charge is -2.08. The zero-order valence-electron chi connectivity index (χ0n) is 8.45. The van der Waals surface area contributed by atoms with E-state index >= 15 is 0 Å². The predicted molar refractivity (Wildman–Crippen MR) is 56.9 cm³/mol. The standard InChI is InChI=1S/C10H11N3O3/c14-6-7(15)5-13-10(16)8-3-1-2-4-9(8)11-12-13/h1-4,7,14-15H,5-6H2. The number of nitrogens with zero attached hydrogens (tertiary/aromatic N) is 3. The summed E-state index contributed by atoms with van der Waals surface area (Å²) in [5.74, 6) is 0. The van der Waals surface area contributed by atoms with Crippen molar-refractivity contribution in [2.45, 2.75) is 12.6 Å². The van der Waals surface area contributed by atoms with Crippen molar-refractivity contribution in [2.24, 2.45) is 0 Å². The van der Waals surface area contributed by atoms with Crippen molar-refractivity contribution < 1.29 is 10.2 Å². The fourth-order valence-corrected chi connectivity index (χ4v) is 1.40. The molecule has 0 amide bonds. The number of rotatable bonds is 3. The van der Waals surface area contributed by atoms with E-state index in [-0.39, 0.29) is 12.1 Å². The second-order valence-corrected chi connectivity index (χ2v) is 3.43. The largest absolute Gasteiger partial charge is 0.394 e. The van der Waals surface area contributed by atoms with Gasteiger partial charge in [0.1, 0.15) is 5.52 Å². The van der Waals surface area contributed by atoms with Crippen LogP contribution in [0.1, 0.15) is 0 Å². The van der Waals surface area contributed by atoms with E-state index in [1.165, 1.54) is 0 Å². The summed E-state index contributed by atoms with van der Waals surface area (Å²) in [6.07, 6.45) is -1.01. The molecular weight excluding hydrogens is 210 g/mol. The van der Waals surface area contributed by atoms with Crippen molar-refractivity contribution in [1.82, 2.24) is 15.0 Å². The van der Waals surface area contributed by atoms with Gasteiger partial charge >= 0.3 is 0 Å². The molecule has 2 aromatic rings. The average Bonchev–Trinajstić information content (AvgIpc) is 2.33. The number of benzene rings is 1. The van der Waals surface area contributed by atoms with E-state index in [1.807, 2.05) is 0 Å². The third-order valence-electron chi connectivity index (χ3n) is 2.22. The third-order valence-corrected chi connectivity index (χ3v) is 2.22. The van der Waals surface area contributed by atoms with E-state index in [9.17, 15) is 9.90 Å². The molecule has 1 unspecified atom stereocenters. The lowest BCUT2D eigenvalue weighted by Crippen LogP contribution is -2.31. The van der Waals surface area contributed by atoms with E-state index in [4.69, 9.17) is 5.11 Å². The quantitative estimate of drug-likeness (QED) is 0.704. The van der Waals surface area contributed by atoms with Crippen LogP contribution in [0.15, 0.2) is 29.1 Å². The first-order valence-corrected chi connectivity index (χ1v) is 4.84. The van der Waals surface area contributed by atoms with Crippen LogP contribution in [0.4, 0.5) is 0 Å². The molecule has 0 fully saturated rings. The first-order chi connectivity index (χ1) is 7.72. The molecule has 1 aromatic heterocycles. The molecular formula is C10H11N3O3. The summed E-state index contributed by atoms with van der Waals surface area (Å²) in [4.78, 5) is 11.8. The summed E-state index contributed by atoms with van der Waals surface area (Å²) in [6, 6.07) is 6.84. The van der Waals surface area contributed by atoms with Gasteiger partial charge in [-0.05, 0) is 12.1 Å². The van der Waals surface area contributed by atoms with E-state index in [2.05, 4.69) is 10.3 Å². The van der Waals surface area contributed by atoms with Crippen LogP contribution < -0.4 is 5.56 Å². The Kier molecular flexibility index (Phi) is 2.93. The van der Waals surface area contributed by atoms with Crippen LogP contribution in [0.5, 0.6) is 0 Å². The lowest BCUT2D eigenvalue weighted by molar-refractivity contribution is 0.0764. The van der Waals surface area contributed by atoms with Gasteiger partial charge in [0.2, 0.25) is 0 Å². The number of aliphatic hydroxyl groups is 2. The molecule has 2 N–H and O–H groups in total. The smallest absolute Gasteiger partial charge is 0.277 e. The Hall–Kier alpha value is -1.79. The molecule has 2 rings (SSSR count). The molecule has 0 radical (unpaired) electrons. The summed E-state index contributed by atoms with van der Waals surface area (Å²) in [5, 5.41) is 25.9. The highest BCUT2D eigenvalue weighted by Gasteiger charge is 2.08. The van der Waals surface area contributed by atoms with Crippen LogP contribution in [-0.2, 0) is 6.54 Å². The van der Waals surface area contributed by atoms with Gasteiger partial charge in [0, 0.05) is 0 Å². The molecule has 0 saturated carbocycles. The Balaban J connectivity index is 2.49. The second-order valence-electron chi connectivity index (χ2n) is 3.43. The molecule has 0 spiro atoms. The summed E-state index contributed by atoms with van der Waals surface area (Å²) in [7, 11) is 0. The highest BCUT2D eigenvalue weighted by Crippen LogP contribution is 2.03. The van der Waals surface area contributed by atoms with E-state index in [0.29, 0.717) is 10.9 Å². The van der Waals surface area contributed by atoms with Gasteiger partial charge in [-0.15, -0.1) is 5.10 Å². The van der Waals surface area contributed by atoms with Crippen molar-refractivity contribution in [2.75, 3.05) is 6.61 Å². The number of hydrogen-bond acceptors (Lipinski definition) is 5. The zero-order valence-corrected chi connectivity index (χ0v) is 8.45. The topological polar surface area (TPSA) is 88.2 Å². The molecule has 1 aromatic carbocycles. The van der Waals surface area contributed by atoms with Crippen LogP contribution in [0.3, 0.4) is 0 Å². The molecule has 0 aliphatic carbocycles. The maximum Gasteiger partial charge on any atom is 0.277 e. The predicted octanol–water partition coefficient (Wildman–Crippen LogP) is -0.855. The Morgan fingerprint density at radius 1 is 1.38 bits per heavy atom. The Morgan fingerprint density at radius 3 is 2.88 bits per heavy atom. The molecule has 1 atom stereocenters.